The molecule has 0 aromatic carbocycles. The largest absolute Gasteiger partial charge is 0.353 e. The first-order valence-electron chi connectivity index (χ1n) is 8.49. The van der Waals surface area contributed by atoms with E-state index in [1.54, 1.807) is 0 Å². The zero-order valence-corrected chi connectivity index (χ0v) is 15.4. The zero-order valence-electron chi connectivity index (χ0n) is 14.6. The Balaban J connectivity index is 0.00000264. The van der Waals surface area contributed by atoms with Gasteiger partial charge in [-0.25, -0.2) is 0 Å². The summed E-state index contributed by atoms with van der Waals surface area (Å²) in [6.45, 7) is 7.86. The summed E-state index contributed by atoms with van der Waals surface area (Å²) in [5, 5.41) is 10.8. The molecule has 1 aromatic rings. The van der Waals surface area contributed by atoms with Crippen LogP contribution in [0.2, 0.25) is 0 Å². The number of hydrogen-bond acceptors (Lipinski definition) is 3. The van der Waals surface area contributed by atoms with Crippen molar-refractivity contribution in [2.24, 2.45) is 0 Å². The molecule has 0 saturated heterocycles. The van der Waals surface area contributed by atoms with E-state index in [0.29, 0.717) is 19.0 Å². The Bertz CT molecular complexity index is 475. The second-order valence-electron chi connectivity index (χ2n) is 7.29. The molecule has 1 heterocycles. The standard InChI is InChI=1S/C17H30N4O.ClH/c1-17(2,3)21-13-14(12-19-21)11-18-10-9-16(22)20-15-7-5-4-6-8-15;/h12-13,15,18H,4-11H2,1-3H3,(H,20,22);1H. The fourth-order valence-electron chi connectivity index (χ4n) is 2.80. The van der Waals surface area contributed by atoms with Crippen LogP contribution in [0.1, 0.15) is 64.9 Å². The highest BCUT2D eigenvalue weighted by molar-refractivity contribution is 5.85. The number of hydrogen-bond donors (Lipinski definition) is 2. The van der Waals surface area contributed by atoms with Gasteiger partial charge >= 0.3 is 0 Å². The van der Waals surface area contributed by atoms with Gasteiger partial charge < -0.3 is 10.6 Å². The summed E-state index contributed by atoms with van der Waals surface area (Å²) in [7, 11) is 0. The van der Waals surface area contributed by atoms with E-state index in [1.165, 1.54) is 19.3 Å². The van der Waals surface area contributed by atoms with Gasteiger partial charge in [0.15, 0.2) is 0 Å². The maximum atomic E-state index is 11.9. The molecule has 0 aliphatic heterocycles. The van der Waals surface area contributed by atoms with Gasteiger partial charge in [-0.3, -0.25) is 9.48 Å². The van der Waals surface area contributed by atoms with Crippen molar-refractivity contribution in [2.75, 3.05) is 6.54 Å². The van der Waals surface area contributed by atoms with Crippen molar-refractivity contribution < 1.29 is 4.79 Å². The van der Waals surface area contributed by atoms with Crippen molar-refractivity contribution in [3.63, 3.8) is 0 Å². The van der Waals surface area contributed by atoms with Crippen LogP contribution in [0.3, 0.4) is 0 Å². The summed E-state index contributed by atoms with van der Waals surface area (Å²) in [4.78, 5) is 11.9. The smallest absolute Gasteiger partial charge is 0.221 e. The highest BCUT2D eigenvalue weighted by Gasteiger charge is 2.15. The van der Waals surface area contributed by atoms with Gasteiger partial charge in [-0.1, -0.05) is 19.3 Å². The molecule has 0 atom stereocenters. The quantitative estimate of drug-likeness (QED) is 0.781. The van der Waals surface area contributed by atoms with Crippen molar-refractivity contribution in [1.82, 2.24) is 20.4 Å². The maximum absolute atomic E-state index is 11.9. The van der Waals surface area contributed by atoms with E-state index in [4.69, 9.17) is 0 Å². The molecule has 6 heteroatoms. The SMILES string of the molecule is CC(C)(C)n1cc(CNCCC(=O)NC2CCCCC2)cn1.Cl. The number of rotatable bonds is 6. The van der Waals surface area contributed by atoms with Crippen LogP contribution < -0.4 is 10.6 Å². The van der Waals surface area contributed by atoms with Gasteiger partial charge in [-0.05, 0) is 33.6 Å². The molecule has 0 spiro atoms. The Morgan fingerprint density at radius 3 is 2.61 bits per heavy atom. The predicted molar refractivity (Wildman–Crippen MR) is 95.8 cm³/mol. The van der Waals surface area contributed by atoms with E-state index in [0.717, 1.165) is 24.9 Å². The third kappa shape index (κ3) is 6.92. The molecule has 1 fully saturated rings. The van der Waals surface area contributed by atoms with Crippen molar-refractivity contribution in [3.05, 3.63) is 18.0 Å². The number of amides is 1. The topological polar surface area (TPSA) is 59.0 Å². The molecule has 0 radical (unpaired) electrons. The van der Waals surface area contributed by atoms with Gasteiger partial charge in [-0.15, -0.1) is 12.4 Å². The van der Waals surface area contributed by atoms with Crippen LogP contribution in [0.5, 0.6) is 0 Å². The van der Waals surface area contributed by atoms with Gasteiger partial charge in [0.1, 0.15) is 0 Å². The molecule has 1 aromatic heterocycles. The molecule has 2 rings (SSSR count). The predicted octanol–water partition coefficient (Wildman–Crippen LogP) is 2.99. The summed E-state index contributed by atoms with van der Waals surface area (Å²) >= 11 is 0. The second-order valence-corrected chi connectivity index (χ2v) is 7.29. The van der Waals surface area contributed by atoms with E-state index < -0.39 is 0 Å². The van der Waals surface area contributed by atoms with Crippen molar-refractivity contribution in [1.29, 1.82) is 0 Å². The van der Waals surface area contributed by atoms with Crippen molar-refractivity contribution >= 4 is 18.3 Å². The highest BCUT2D eigenvalue weighted by atomic mass is 35.5. The molecule has 132 valence electrons. The fourth-order valence-corrected chi connectivity index (χ4v) is 2.80. The molecule has 5 nitrogen and oxygen atoms in total. The minimum atomic E-state index is 0. The second kappa shape index (κ2) is 9.28. The minimum Gasteiger partial charge on any atom is -0.353 e. The lowest BCUT2D eigenvalue weighted by Gasteiger charge is -2.22. The molecule has 1 saturated carbocycles. The first kappa shape index (κ1) is 20.0. The maximum Gasteiger partial charge on any atom is 0.221 e. The number of nitrogens with zero attached hydrogens (tertiary/aromatic N) is 2. The Hall–Kier alpha value is -1.07. The van der Waals surface area contributed by atoms with Gasteiger partial charge in [0.25, 0.3) is 0 Å². The number of halogens is 1. The van der Waals surface area contributed by atoms with E-state index in [9.17, 15) is 4.79 Å². The van der Waals surface area contributed by atoms with Crippen molar-refractivity contribution in [2.45, 2.75) is 77.4 Å². The van der Waals surface area contributed by atoms with Gasteiger partial charge in [0.05, 0.1) is 11.7 Å². The number of aromatic nitrogens is 2. The molecule has 0 unspecified atom stereocenters. The summed E-state index contributed by atoms with van der Waals surface area (Å²) in [5.74, 6) is 0.171. The van der Waals surface area contributed by atoms with Gasteiger partial charge in [-0.2, -0.15) is 5.10 Å². The summed E-state index contributed by atoms with van der Waals surface area (Å²) in [6, 6.07) is 0.409. The lowest BCUT2D eigenvalue weighted by Crippen LogP contribution is -2.37. The van der Waals surface area contributed by atoms with E-state index >= 15 is 0 Å². The third-order valence-electron chi connectivity index (χ3n) is 4.15. The van der Waals surface area contributed by atoms with Crippen LogP contribution in [0.25, 0.3) is 0 Å². The summed E-state index contributed by atoms with van der Waals surface area (Å²) in [6.07, 6.45) is 10.6. The van der Waals surface area contributed by atoms with Gasteiger partial charge in [0, 0.05) is 37.3 Å². The fraction of sp³-hybridized carbons (Fsp3) is 0.765. The monoisotopic (exact) mass is 342 g/mol. The van der Waals surface area contributed by atoms with Crippen LogP contribution in [0.4, 0.5) is 0 Å². The molecule has 1 aliphatic carbocycles. The zero-order chi connectivity index (χ0) is 16.0. The molecule has 2 N–H and O–H groups in total. The van der Waals surface area contributed by atoms with Crippen LogP contribution in [0.15, 0.2) is 12.4 Å². The van der Waals surface area contributed by atoms with Crippen molar-refractivity contribution in [3.8, 4) is 0 Å². The number of carbonyl (C=O) groups excluding carboxylic acids is 1. The van der Waals surface area contributed by atoms with Crippen LogP contribution in [-0.2, 0) is 16.9 Å². The average Bonchev–Trinajstić information content (AvgIpc) is 2.94. The first-order chi connectivity index (χ1) is 10.4. The van der Waals surface area contributed by atoms with E-state index in [2.05, 4.69) is 42.7 Å². The average molecular weight is 343 g/mol. The van der Waals surface area contributed by atoms with E-state index in [1.807, 2.05) is 10.9 Å². The molecule has 0 bridgehead atoms. The Labute approximate surface area is 146 Å². The van der Waals surface area contributed by atoms with Crippen LogP contribution >= 0.6 is 12.4 Å². The van der Waals surface area contributed by atoms with Crippen LogP contribution in [0, 0.1) is 0 Å². The molecule has 1 aliphatic rings. The molecular weight excluding hydrogens is 312 g/mol. The van der Waals surface area contributed by atoms with Crippen LogP contribution in [-0.4, -0.2) is 28.3 Å². The molecule has 23 heavy (non-hydrogen) atoms. The van der Waals surface area contributed by atoms with E-state index in [-0.39, 0.29) is 23.9 Å². The normalized spacial score (nSPS) is 16.0. The minimum absolute atomic E-state index is 0. The third-order valence-corrected chi connectivity index (χ3v) is 4.15. The Morgan fingerprint density at radius 1 is 1.30 bits per heavy atom. The highest BCUT2D eigenvalue weighted by Crippen LogP contribution is 2.17. The Kier molecular flexibility index (Phi) is 8.06. The number of carbonyl (C=O) groups is 1. The lowest BCUT2D eigenvalue weighted by molar-refractivity contribution is -0.121. The van der Waals surface area contributed by atoms with Gasteiger partial charge in [0.2, 0.25) is 5.91 Å². The molecule has 1 amide bonds. The summed E-state index contributed by atoms with van der Waals surface area (Å²) < 4.78 is 1.97. The lowest BCUT2D eigenvalue weighted by atomic mass is 9.95. The summed E-state index contributed by atoms with van der Waals surface area (Å²) in [5.41, 5.74) is 1.17. The molecular formula is C17H31ClN4O. The Morgan fingerprint density at radius 2 is 2.00 bits per heavy atom. The first-order valence-corrected chi connectivity index (χ1v) is 8.49. The number of nitrogens with one attached hydrogen (secondary N) is 2.